The Balaban J connectivity index is 1.61. The van der Waals surface area contributed by atoms with Gasteiger partial charge in [0, 0.05) is 38.0 Å². The maximum Gasteiger partial charge on any atom is 0.259 e. The average molecular weight is 509 g/mol. The van der Waals surface area contributed by atoms with E-state index in [0.717, 1.165) is 29.1 Å². The minimum atomic E-state index is -0.472. The van der Waals surface area contributed by atoms with E-state index in [-0.39, 0.29) is 41.0 Å². The van der Waals surface area contributed by atoms with Crippen LogP contribution in [0.4, 0.5) is 10.1 Å². The minimum Gasteiger partial charge on any atom is -0.333 e. The molecule has 0 unspecified atom stereocenters. The minimum absolute atomic E-state index is 0.0413. The third-order valence-electron chi connectivity index (χ3n) is 6.89. The van der Waals surface area contributed by atoms with E-state index in [2.05, 4.69) is 13.8 Å². The molecule has 2 aliphatic heterocycles. The zero-order valence-corrected chi connectivity index (χ0v) is 21.2. The number of likely N-dealkylation sites (tertiary alicyclic amines) is 1. The van der Waals surface area contributed by atoms with Gasteiger partial charge in [-0.25, -0.2) is 4.39 Å². The fraction of sp³-hybridized carbons (Fsp3) is 0.286. The van der Waals surface area contributed by atoms with E-state index in [1.807, 2.05) is 35.2 Å². The van der Waals surface area contributed by atoms with Crippen molar-refractivity contribution >= 4 is 40.9 Å². The molecule has 0 aromatic heterocycles. The van der Waals surface area contributed by atoms with Gasteiger partial charge in [0.05, 0.1) is 17.8 Å². The Kier molecular flexibility index (Phi) is 6.60. The van der Waals surface area contributed by atoms with Gasteiger partial charge >= 0.3 is 0 Å². The van der Waals surface area contributed by atoms with Gasteiger partial charge in [-0.2, -0.15) is 0 Å². The maximum atomic E-state index is 14.8. The lowest BCUT2D eigenvalue weighted by Gasteiger charge is -2.39. The third-order valence-corrected chi connectivity index (χ3v) is 8.38. The number of amides is 2. The summed E-state index contributed by atoms with van der Waals surface area (Å²) >= 11 is 7.81. The van der Waals surface area contributed by atoms with Crippen LogP contribution in [0, 0.1) is 5.82 Å². The highest BCUT2D eigenvalue weighted by Gasteiger charge is 2.32. The number of fused-ring (bicyclic) bond motifs is 2. The quantitative estimate of drug-likeness (QED) is 0.376. The van der Waals surface area contributed by atoms with E-state index in [1.54, 1.807) is 24.3 Å². The molecule has 2 aliphatic rings. The van der Waals surface area contributed by atoms with Gasteiger partial charge in [0.1, 0.15) is 5.82 Å². The van der Waals surface area contributed by atoms with Crippen molar-refractivity contribution in [3.05, 3.63) is 88.2 Å². The van der Waals surface area contributed by atoms with Crippen molar-refractivity contribution in [3.8, 4) is 0 Å². The second-order valence-electron chi connectivity index (χ2n) is 9.21. The largest absolute Gasteiger partial charge is 0.333 e. The molecule has 2 amide bonds. The molecule has 35 heavy (non-hydrogen) atoms. The summed E-state index contributed by atoms with van der Waals surface area (Å²) in [5.41, 5.74) is 1.88. The van der Waals surface area contributed by atoms with Crippen LogP contribution in [0.15, 0.2) is 70.5 Å². The number of benzene rings is 3. The molecule has 1 fully saturated rings. The first-order valence-electron chi connectivity index (χ1n) is 11.8. The Labute approximate surface area is 214 Å². The van der Waals surface area contributed by atoms with Crippen LogP contribution in [0.2, 0.25) is 5.02 Å². The number of carbonyl (C=O) groups is 2. The van der Waals surface area contributed by atoms with E-state index >= 15 is 0 Å². The Morgan fingerprint density at radius 3 is 2.51 bits per heavy atom. The molecule has 3 aromatic carbocycles. The third kappa shape index (κ3) is 4.45. The van der Waals surface area contributed by atoms with Gasteiger partial charge in [-0.3, -0.25) is 9.59 Å². The van der Waals surface area contributed by atoms with Crippen molar-refractivity contribution in [2.45, 2.75) is 61.5 Å². The average Bonchev–Trinajstić information content (AvgIpc) is 2.95. The molecule has 0 bridgehead atoms. The predicted octanol–water partition coefficient (Wildman–Crippen LogP) is 7.19. The summed E-state index contributed by atoms with van der Waals surface area (Å²) < 4.78 is 14.8. The van der Waals surface area contributed by atoms with E-state index in [9.17, 15) is 14.0 Å². The molecule has 4 nitrogen and oxygen atoms in total. The molecule has 2 atom stereocenters. The number of halogens is 2. The first kappa shape index (κ1) is 23.9. The van der Waals surface area contributed by atoms with E-state index in [4.69, 9.17) is 11.6 Å². The Morgan fingerprint density at radius 1 is 1.03 bits per heavy atom. The molecule has 0 aliphatic carbocycles. The van der Waals surface area contributed by atoms with Crippen LogP contribution in [-0.2, 0) is 6.54 Å². The summed E-state index contributed by atoms with van der Waals surface area (Å²) in [5.74, 6) is -0.772. The van der Waals surface area contributed by atoms with Crippen LogP contribution in [0.1, 0.15) is 59.4 Å². The first-order chi connectivity index (χ1) is 16.8. The maximum absolute atomic E-state index is 14.8. The number of rotatable bonds is 3. The summed E-state index contributed by atoms with van der Waals surface area (Å²) in [6.07, 6.45) is 3.06. The monoisotopic (exact) mass is 508 g/mol. The lowest BCUT2D eigenvalue weighted by molar-refractivity contribution is 0.0510. The molecule has 0 spiro atoms. The first-order valence-corrected chi connectivity index (χ1v) is 13.0. The van der Waals surface area contributed by atoms with Gasteiger partial charge in [0.2, 0.25) is 0 Å². The Hall–Kier alpha value is -2.83. The lowest BCUT2D eigenvalue weighted by atomic mass is 9.96. The van der Waals surface area contributed by atoms with E-state index < -0.39 is 5.82 Å². The van der Waals surface area contributed by atoms with Gasteiger partial charge in [-0.15, -0.1) is 0 Å². The number of anilines is 1. The van der Waals surface area contributed by atoms with Crippen LogP contribution in [0.3, 0.4) is 0 Å². The fourth-order valence-electron chi connectivity index (χ4n) is 5.02. The highest BCUT2D eigenvalue weighted by Crippen LogP contribution is 2.43. The van der Waals surface area contributed by atoms with Gasteiger partial charge in [0.15, 0.2) is 0 Å². The molecule has 3 aromatic rings. The number of piperidine rings is 1. The molecular formula is C28H26ClFN2O2S. The number of nitrogens with zero attached hydrogens (tertiary/aromatic N) is 2. The van der Waals surface area contributed by atoms with Crippen molar-refractivity contribution in [2.75, 3.05) is 4.90 Å². The summed E-state index contributed by atoms with van der Waals surface area (Å²) in [5, 5.41) is 0.257. The smallest absolute Gasteiger partial charge is 0.259 e. The molecule has 0 N–H and O–H groups in total. The van der Waals surface area contributed by atoms with Crippen molar-refractivity contribution < 1.29 is 14.0 Å². The molecule has 7 heteroatoms. The van der Waals surface area contributed by atoms with Gasteiger partial charge in [-0.1, -0.05) is 41.6 Å². The standard InChI is InChI=1S/C28H26ClFN2O2S/c1-17-7-5-8-18(2)32(17)27(33)19-13-14-26-24(15-19)31(16-21-22(29)10-6-11-23(21)30)28(34)20-9-3-4-12-25(20)35-26/h3-4,6,9-15,17-18H,5,7-8,16H2,1-2H3/t17-,18-/m1/s1. The zero-order chi connectivity index (χ0) is 24.7. The van der Waals surface area contributed by atoms with Crippen LogP contribution < -0.4 is 4.90 Å². The zero-order valence-electron chi connectivity index (χ0n) is 19.6. The van der Waals surface area contributed by atoms with E-state index in [1.165, 1.54) is 22.7 Å². The normalized spacial score (nSPS) is 19.7. The number of carbonyl (C=O) groups excluding carboxylic acids is 2. The van der Waals surface area contributed by atoms with Gasteiger partial charge in [0.25, 0.3) is 11.8 Å². The summed E-state index contributed by atoms with van der Waals surface area (Å²) in [6, 6.07) is 17.7. The Bertz CT molecular complexity index is 1280. The topological polar surface area (TPSA) is 40.6 Å². The van der Waals surface area contributed by atoms with Crippen LogP contribution >= 0.6 is 23.4 Å². The molecule has 5 rings (SSSR count). The van der Waals surface area contributed by atoms with E-state index in [0.29, 0.717) is 16.8 Å². The number of hydrogen-bond donors (Lipinski definition) is 0. The Morgan fingerprint density at radius 2 is 1.77 bits per heavy atom. The fourth-order valence-corrected chi connectivity index (χ4v) is 6.30. The van der Waals surface area contributed by atoms with Crippen LogP contribution in [-0.4, -0.2) is 28.8 Å². The summed E-state index contributed by atoms with van der Waals surface area (Å²) in [4.78, 5) is 32.5. The highest BCUT2D eigenvalue weighted by molar-refractivity contribution is 7.99. The van der Waals surface area contributed by atoms with Crippen molar-refractivity contribution in [1.82, 2.24) is 4.90 Å². The summed E-state index contributed by atoms with van der Waals surface area (Å²) in [6.45, 7) is 4.12. The molecular weight excluding hydrogens is 483 g/mol. The summed E-state index contributed by atoms with van der Waals surface area (Å²) in [7, 11) is 0. The molecule has 2 heterocycles. The second-order valence-corrected chi connectivity index (χ2v) is 10.7. The molecule has 180 valence electrons. The highest BCUT2D eigenvalue weighted by atomic mass is 35.5. The molecule has 0 saturated carbocycles. The van der Waals surface area contributed by atoms with Gasteiger partial charge < -0.3 is 9.80 Å². The van der Waals surface area contributed by atoms with Crippen molar-refractivity contribution in [2.24, 2.45) is 0 Å². The SMILES string of the molecule is C[C@@H]1CCC[C@@H](C)N1C(=O)c1ccc2c(c1)N(Cc1c(F)cccc1Cl)C(=O)c1ccccc1S2. The lowest BCUT2D eigenvalue weighted by Crippen LogP contribution is -2.47. The number of hydrogen-bond acceptors (Lipinski definition) is 3. The molecule has 0 radical (unpaired) electrons. The van der Waals surface area contributed by atoms with Gasteiger partial charge in [-0.05, 0) is 75.6 Å². The molecule has 1 saturated heterocycles. The second kappa shape index (κ2) is 9.67. The predicted molar refractivity (Wildman–Crippen MR) is 138 cm³/mol. The van der Waals surface area contributed by atoms with Crippen LogP contribution in [0.25, 0.3) is 0 Å². The van der Waals surface area contributed by atoms with Crippen LogP contribution in [0.5, 0.6) is 0 Å². The van der Waals surface area contributed by atoms with Crippen molar-refractivity contribution in [3.63, 3.8) is 0 Å². The van der Waals surface area contributed by atoms with Crippen molar-refractivity contribution in [1.29, 1.82) is 0 Å².